The van der Waals surface area contributed by atoms with Gasteiger partial charge >= 0.3 is 0 Å². The van der Waals surface area contributed by atoms with Crippen molar-refractivity contribution in [3.8, 4) is 17.6 Å². The van der Waals surface area contributed by atoms with Gasteiger partial charge < -0.3 is 10.1 Å². The minimum atomic E-state index is -0.622. The first-order valence-corrected chi connectivity index (χ1v) is 6.94. The molecule has 0 atom stereocenters. The van der Waals surface area contributed by atoms with Gasteiger partial charge in [0, 0.05) is 6.07 Å². The summed E-state index contributed by atoms with van der Waals surface area (Å²) in [4.78, 5) is 22.1. The van der Waals surface area contributed by atoms with E-state index in [0.717, 1.165) is 0 Å². The van der Waals surface area contributed by atoms with Crippen molar-refractivity contribution in [2.45, 2.75) is 0 Å². The molecule has 0 saturated carbocycles. The summed E-state index contributed by atoms with van der Waals surface area (Å²) in [6.07, 6.45) is 0. The molecule has 7 heteroatoms. The number of hydrogen-bond acceptors (Lipinski definition) is 4. The van der Waals surface area contributed by atoms with Crippen LogP contribution in [0.4, 0.5) is 10.1 Å². The molecular weight excluding hydrogens is 315 g/mol. The molecule has 122 valence electrons. The van der Waals surface area contributed by atoms with E-state index in [9.17, 15) is 19.3 Å². The van der Waals surface area contributed by atoms with Crippen LogP contribution in [0, 0.1) is 27.8 Å². The van der Waals surface area contributed by atoms with E-state index in [4.69, 9.17) is 4.74 Å². The number of carbonyl (C=O) groups excluding carboxylic acids is 1. The zero-order chi connectivity index (χ0) is 17.4. The Balaban J connectivity index is 1.84. The van der Waals surface area contributed by atoms with Gasteiger partial charge in [0.25, 0.3) is 11.6 Å². The molecule has 0 radical (unpaired) electrons. The van der Waals surface area contributed by atoms with Gasteiger partial charge in [0.1, 0.15) is 12.2 Å². The minimum Gasteiger partial charge on any atom is -0.478 e. The van der Waals surface area contributed by atoms with Crippen molar-refractivity contribution in [1.29, 1.82) is 0 Å². The molecule has 2 aromatic rings. The number of nitro groups is 1. The predicted molar refractivity (Wildman–Crippen MR) is 85.1 cm³/mol. The third kappa shape index (κ3) is 4.55. The summed E-state index contributed by atoms with van der Waals surface area (Å²) in [6, 6.07) is 11.6. The zero-order valence-electron chi connectivity index (χ0n) is 12.5. The molecule has 1 amide bonds. The Bertz CT molecular complexity index is 811. The van der Waals surface area contributed by atoms with Gasteiger partial charge in [-0.2, -0.15) is 0 Å². The number of carbonyl (C=O) groups is 1. The molecule has 2 rings (SSSR count). The smallest absolute Gasteiger partial charge is 0.282 e. The summed E-state index contributed by atoms with van der Waals surface area (Å²) in [7, 11) is 0. The molecule has 0 aliphatic rings. The molecule has 0 unspecified atom stereocenters. The van der Waals surface area contributed by atoms with Crippen LogP contribution in [-0.2, 0) is 0 Å². The molecular formula is C17H13FN2O4. The summed E-state index contributed by atoms with van der Waals surface area (Å²) in [5, 5.41) is 13.3. The fourth-order valence-corrected chi connectivity index (χ4v) is 1.83. The van der Waals surface area contributed by atoms with Gasteiger partial charge in [0.05, 0.1) is 11.5 Å². The highest BCUT2D eigenvalue weighted by Gasteiger charge is 2.18. The standard InChI is InChI=1S/C17H13FN2O4/c18-14-8-2-4-10-16(14)24-12-6-5-11-19-17(21)13-7-1-3-9-15(13)20(22)23/h1-4,7-10H,11-12H2,(H,19,21). The van der Waals surface area contributed by atoms with Crippen molar-refractivity contribution in [2.75, 3.05) is 13.2 Å². The summed E-state index contributed by atoms with van der Waals surface area (Å²) >= 11 is 0. The second kappa shape index (κ2) is 8.29. The molecule has 0 fully saturated rings. The van der Waals surface area contributed by atoms with Crippen LogP contribution in [0.25, 0.3) is 0 Å². The Morgan fingerprint density at radius 2 is 1.88 bits per heavy atom. The number of para-hydroxylation sites is 2. The van der Waals surface area contributed by atoms with Crippen molar-refractivity contribution in [2.24, 2.45) is 0 Å². The number of nitrogens with zero attached hydrogens (tertiary/aromatic N) is 1. The minimum absolute atomic E-state index is 0.00842. The lowest BCUT2D eigenvalue weighted by Crippen LogP contribution is -2.24. The maximum absolute atomic E-state index is 13.3. The number of amides is 1. The van der Waals surface area contributed by atoms with Crippen LogP contribution in [0.3, 0.4) is 0 Å². The molecule has 24 heavy (non-hydrogen) atoms. The molecule has 0 heterocycles. The number of nitro benzene ring substituents is 1. The predicted octanol–water partition coefficient (Wildman–Crippen LogP) is 2.55. The van der Waals surface area contributed by atoms with E-state index in [2.05, 4.69) is 17.2 Å². The average molecular weight is 328 g/mol. The molecule has 0 aromatic heterocycles. The quantitative estimate of drug-likeness (QED) is 0.519. The lowest BCUT2D eigenvalue weighted by molar-refractivity contribution is -0.385. The van der Waals surface area contributed by atoms with Gasteiger partial charge in [-0.05, 0) is 18.2 Å². The van der Waals surface area contributed by atoms with Gasteiger partial charge in [0.15, 0.2) is 11.6 Å². The van der Waals surface area contributed by atoms with E-state index in [1.165, 1.54) is 36.4 Å². The lowest BCUT2D eigenvalue weighted by Gasteiger charge is -2.03. The van der Waals surface area contributed by atoms with E-state index >= 15 is 0 Å². The van der Waals surface area contributed by atoms with Crippen LogP contribution in [0.5, 0.6) is 5.75 Å². The van der Waals surface area contributed by atoms with E-state index in [1.807, 2.05) is 0 Å². The zero-order valence-corrected chi connectivity index (χ0v) is 12.5. The van der Waals surface area contributed by atoms with Crippen LogP contribution < -0.4 is 10.1 Å². The highest BCUT2D eigenvalue weighted by molar-refractivity contribution is 5.98. The first-order valence-electron chi connectivity index (χ1n) is 6.94. The monoisotopic (exact) mass is 328 g/mol. The van der Waals surface area contributed by atoms with Crippen LogP contribution in [0.1, 0.15) is 10.4 Å². The Morgan fingerprint density at radius 1 is 1.17 bits per heavy atom. The van der Waals surface area contributed by atoms with Crippen LogP contribution in [-0.4, -0.2) is 24.0 Å². The van der Waals surface area contributed by atoms with E-state index in [1.54, 1.807) is 12.1 Å². The van der Waals surface area contributed by atoms with Crippen molar-refractivity contribution in [1.82, 2.24) is 5.32 Å². The first kappa shape index (κ1) is 17.0. The molecule has 0 spiro atoms. The Hall–Kier alpha value is -3.40. The van der Waals surface area contributed by atoms with E-state index in [0.29, 0.717) is 0 Å². The number of nitrogens with one attached hydrogen (secondary N) is 1. The van der Waals surface area contributed by atoms with Crippen LogP contribution in [0.2, 0.25) is 0 Å². The van der Waals surface area contributed by atoms with Crippen molar-refractivity contribution in [3.63, 3.8) is 0 Å². The van der Waals surface area contributed by atoms with Gasteiger partial charge in [-0.3, -0.25) is 14.9 Å². The Labute approximate surface area is 137 Å². The summed E-state index contributed by atoms with van der Waals surface area (Å²) in [5.74, 6) is 4.26. The second-order valence-corrected chi connectivity index (χ2v) is 4.53. The van der Waals surface area contributed by atoms with Crippen molar-refractivity contribution in [3.05, 3.63) is 70.0 Å². The van der Waals surface area contributed by atoms with Gasteiger partial charge in [-0.1, -0.05) is 36.1 Å². The third-order valence-corrected chi connectivity index (χ3v) is 2.94. The van der Waals surface area contributed by atoms with E-state index in [-0.39, 0.29) is 30.2 Å². The molecule has 1 N–H and O–H groups in total. The number of ether oxygens (including phenoxy) is 1. The SMILES string of the molecule is O=C(NCC#CCOc1ccccc1F)c1ccccc1[N+](=O)[O-]. The molecule has 0 bridgehead atoms. The molecule has 6 nitrogen and oxygen atoms in total. The summed E-state index contributed by atoms with van der Waals surface area (Å²) in [5.41, 5.74) is -0.308. The maximum Gasteiger partial charge on any atom is 0.282 e. The third-order valence-electron chi connectivity index (χ3n) is 2.94. The fourth-order valence-electron chi connectivity index (χ4n) is 1.83. The molecule has 2 aromatic carbocycles. The highest BCUT2D eigenvalue weighted by atomic mass is 19.1. The van der Waals surface area contributed by atoms with Crippen LogP contribution >= 0.6 is 0 Å². The summed E-state index contributed by atoms with van der Waals surface area (Å²) < 4.78 is 18.4. The number of halogens is 1. The normalized spacial score (nSPS) is 9.54. The Kier molecular flexibility index (Phi) is 5.86. The first-order chi connectivity index (χ1) is 11.6. The summed E-state index contributed by atoms with van der Waals surface area (Å²) in [6.45, 7) is -0.0478. The maximum atomic E-state index is 13.3. The number of rotatable bonds is 5. The topological polar surface area (TPSA) is 81.5 Å². The molecule has 0 aliphatic carbocycles. The van der Waals surface area contributed by atoms with Gasteiger partial charge in [-0.25, -0.2) is 4.39 Å². The Morgan fingerprint density at radius 3 is 2.62 bits per heavy atom. The fraction of sp³-hybridized carbons (Fsp3) is 0.118. The van der Waals surface area contributed by atoms with Gasteiger partial charge in [-0.15, -0.1) is 0 Å². The molecule has 0 saturated heterocycles. The van der Waals surface area contributed by atoms with Crippen molar-refractivity contribution < 1.29 is 18.8 Å². The lowest BCUT2D eigenvalue weighted by atomic mass is 10.1. The number of benzene rings is 2. The molecule has 0 aliphatic heterocycles. The van der Waals surface area contributed by atoms with Crippen LogP contribution in [0.15, 0.2) is 48.5 Å². The number of hydrogen-bond donors (Lipinski definition) is 1. The van der Waals surface area contributed by atoms with Gasteiger partial charge in [0.2, 0.25) is 0 Å². The highest BCUT2D eigenvalue weighted by Crippen LogP contribution is 2.17. The van der Waals surface area contributed by atoms with Crippen molar-refractivity contribution >= 4 is 11.6 Å². The average Bonchev–Trinajstić information content (AvgIpc) is 2.59. The largest absolute Gasteiger partial charge is 0.478 e. The second-order valence-electron chi connectivity index (χ2n) is 4.53. The van der Waals surface area contributed by atoms with E-state index < -0.39 is 16.6 Å².